The lowest BCUT2D eigenvalue weighted by molar-refractivity contribution is 0.521. The van der Waals surface area contributed by atoms with Crippen molar-refractivity contribution in [2.75, 3.05) is 0 Å². The number of hydrogen-bond acceptors (Lipinski definition) is 10. The van der Waals surface area contributed by atoms with Gasteiger partial charge in [0.05, 0.1) is 12.0 Å². The zero-order valence-electron chi connectivity index (χ0n) is 11.5. The Hall–Kier alpha value is -4.96. The number of aliphatic imine (C=N–C) groups is 4. The van der Waals surface area contributed by atoms with Gasteiger partial charge in [-0.25, -0.2) is 20.8 Å². The highest BCUT2D eigenvalue weighted by Gasteiger charge is 2.56. The molecule has 0 aromatic rings. The minimum absolute atomic E-state index is 0.896. The van der Waals surface area contributed by atoms with Crippen molar-refractivity contribution < 1.29 is 0 Å². The average molecular weight is 314 g/mol. The molecule has 0 saturated carbocycles. The third-order valence-corrected chi connectivity index (χ3v) is 2.24. The van der Waals surface area contributed by atoms with Gasteiger partial charge in [0.15, 0.2) is 0 Å². The van der Waals surface area contributed by atoms with E-state index in [2.05, 4.69) is 20.0 Å². The maximum atomic E-state index is 9.27. The Bertz CT molecular complexity index is 834. The lowest BCUT2D eigenvalue weighted by Crippen LogP contribution is -2.49. The topological polar surface area (TPSA) is 240 Å². The van der Waals surface area contributed by atoms with Gasteiger partial charge in [-0.15, -0.1) is 0 Å². The van der Waals surface area contributed by atoms with E-state index in [9.17, 15) is 21.0 Å². The molecule has 0 spiro atoms. The summed E-state index contributed by atoms with van der Waals surface area (Å²) in [7, 11) is 0. The van der Waals surface area contributed by atoms with Crippen molar-refractivity contribution in [1.29, 1.82) is 42.4 Å². The first-order valence-corrected chi connectivity index (χ1v) is 5.38. The fraction of sp³-hybridized carbons (Fsp3) is 0.167. The average Bonchev–Trinajstić information content (AvgIpc) is 2.62. The van der Waals surface area contributed by atoms with Gasteiger partial charge < -0.3 is 0 Å². The van der Waals surface area contributed by atoms with Crippen molar-refractivity contribution in [2.24, 2.45) is 20.0 Å². The molecule has 0 aliphatic rings. The molecule has 0 aliphatic carbocycles. The van der Waals surface area contributed by atoms with Gasteiger partial charge in [-0.1, -0.05) is 0 Å². The summed E-state index contributed by atoms with van der Waals surface area (Å²) in [5, 5.41) is 68.0. The summed E-state index contributed by atoms with van der Waals surface area (Å²) in [5.41, 5.74) is -5.80. The first kappa shape index (κ1) is 19.0. The molecule has 0 heterocycles. The van der Waals surface area contributed by atoms with Gasteiger partial charge >= 0.3 is 0 Å². The largest absolute Gasteiger partial charge is 0.286 e. The van der Waals surface area contributed by atoms with Crippen LogP contribution in [0.5, 0.6) is 0 Å². The van der Waals surface area contributed by atoms with E-state index in [1.165, 1.54) is 48.4 Å². The molecule has 24 heavy (non-hydrogen) atoms. The second-order valence-corrected chi connectivity index (χ2v) is 3.41. The monoisotopic (exact) mass is 314 g/mol. The number of amidine groups is 2. The highest BCUT2D eigenvalue weighted by Crippen LogP contribution is 2.30. The molecule has 0 rings (SSSR count). The van der Waals surface area contributed by atoms with Gasteiger partial charge in [0, 0.05) is 0 Å². The third kappa shape index (κ3) is 3.38. The zero-order chi connectivity index (χ0) is 18.6. The van der Waals surface area contributed by atoms with Gasteiger partial charge in [0.2, 0.25) is 11.7 Å². The molecule has 0 saturated heterocycles. The maximum absolute atomic E-state index is 9.27. The predicted molar refractivity (Wildman–Crippen MR) is 74.3 cm³/mol. The Morgan fingerprint density at radius 3 is 1.08 bits per heavy atom. The molecule has 0 bridgehead atoms. The first-order valence-electron chi connectivity index (χ1n) is 5.38. The van der Waals surface area contributed by atoms with Gasteiger partial charge in [-0.2, -0.15) is 41.6 Å². The fourth-order valence-electron chi connectivity index (χ4n) is 1.21. The Kier molecular flexibility index (Phi) is 6.63. The molecule has 0 radical (unpaired) electrons. The minimum atomic E-state index is -2.90. The van der Waals surface area contributed by atoms with Crippen LogP contribution < -0.4 is 0 Å². The molecule has 110 valence electrons. The molecule has 0 aromatic carbocycles. The van der Waals surface area contributed by atoms with E-state index in [0.29, 0.717) is 0 Å². The van der Waals surface area contributed by atoms with Crippen LogP contribution in [0.3, 0.4) is 0 Å². The van der Waals surface area contributed by atoms with Crippen molar-refractivity contribution in [1.82, 2.24) is 0 Å². The molecule has 0 atom stereocenters. The van der Waals surface area contributed by atoms with Crippen molar-refractivity contribution in [3.05, 3.63) is 0 Å². The summed E-state index contributed by atoms with van der Waals surface area (Å²) in [6.07, 6.45) is 0. The van der Waals surface area contributed by atoms with Crippen LogP contribution >= 0.6 is 0 Å². The Morgan fingerprint density at radius 2 is 0.917 bits per heavy atom. The molecule has 12 heteroatoms. The number of hydrogen-bond donors (Lipinski definition) is 2. The van der Waals surface area contributed by atoms with Crippen LogP contribution in [-0.2, 0) is 0 Å². The van der Waals surface area contributed by atoms with Crippen molar-refractivity contribution in [3.63, 3.8) is 0 Å². The Labute approximate surface area is 134 Å². The molecule has 0 unspecified atom stereocenters. The van der Waals surface area contributed by atoms with Gasteiger partial charge in [0.25, 0.3) is 11.1 Å². The van der Waals surface area contributed by atoms with Crippen LogP contribution in [-0.4, -0.2) is 34.8 Å². The Morgan fingerprint density at radius 1 is 0.625 bits per heavy atom. The predicted octanol–water partition coefficient (Wildman–Crippen LogP) is -0.0922. The van der Waals surface area contributed by atoms with E-state index >= 15 is 0 Å². The van der Waals surface area contributed by atoms with Crippen LogP contribution in [0, 0.1) is 78.8 Å². The standard InChI is InChI=1S/C12H2N12/c13-1-9(21-7-19)23-11(3-15,4-16)12(5-17,6-18)24-10(2-14)22-8-20/h19-20H. The summed E-state index contributed by atoms with van der Waals surface area (Å²) in [4.78, 5) is 12.7. The molecule has 2 N–H and O–H groups in total. The van der Waals surface area contributed by atoms with E-state index in [-0.39, 0.29) is 0 Å². The smallest absolute Gasteiger partial charge is 0.241 e. The summed E-state index contributed by atoms with van der Waals surface area (Å²) in [5.74, 6) is -1.79. The molecule has 0 aliphatic heterocycles. The van der Waals surface area contributed by atoms with Gasteiger partial charge in [-0.05, 0) is 0 Å². The van der Waals surface area contributed by atoms with Crippen LogP contribution in [0.1, 0.15) is 0 Å². The number of rotatable bonds is 3. The first-order chi connectivity index (χ1) is 11.5. The SMILES string of the molecule is N#CC(N=C=N)=NC(C#N)(C#N)C(C#N)(C#N)N=C(C#N)N=C=N. The van der Waals surface area contributed by atoms with E-state index in [1.807, 2.05) is 0 Å². The van der Waals surface area contributed by atoms with Crippen molar-refractivity contribution in [2.45, 2.75) is 11.1 Å². The van der Waals surface area contributed by atoms with Crippen LogP contribution in [0.2, 0.25) is 0 Å². The lowest BCUT2D eigenvalue weighted by atomic mass is 9.81. The van der Waals surface area contributed by atoms with Crippen LogP contribution in [0.15, 0.2) is 20.0 Å². The van der Waals surface area contributed by atoms with E-state index in [0.717, 1.165) is 0 Å². The number of nitriles is 6. The third-order valence-electron chi connectivity index (χ3n) is 2.24. The van der Waals surface area contributed by atoms with E-state index < -0.39 is 22.7 Å². The van der Waals surface area contributed by atoms with Gasteiger partial charge in [0.1, 0.15) is 36.4 Å². The highest BCUT2D eigenvalue weighted by atomic mass is 15.1. The highest BCUT2D eigenvalue weighted by molar-refractivity contribution is 6.01. The zero-order valence-corrected chi connectivity index (χ0v) is 11.5. The van der Waals surface area contributed by atoms with E-state index in [4.69, 9.17) is 21.3 Å². The Balaban J connectivity index is 7.04. The molecule has 0 fully saturated rings. The minimum Gasteiger partial charge on any atom is -0.241 e. The number of nitrogens with one attached hydrogen (secondary N) is 2. The number of nitrogens with zero attached hydrogens (tertiary/aromatic N) is 10. The lowest BCUT2D eigenvalue weighted by Gasteiger charge is -2.23. The second-order valence-electron chi connectivity index (χ2n) is 3.41. The molecular weight excluding hydrogens is 312 g/mol. The molecule has 0 amide bonds. The van der Waals surface area contributed by atoms with E-state index in [1.54, 1.807) is 0 Å². The summed E-state index contributed by atoms with van der Waals surface area (Å²) in [6, 6.07) is 10.7. The summed E-state index contributed by atoms with van der Waals surface area (Å²) < 4.78 is 0. The van der Waals surface area contributed by atoms with Crippen LogP contribution in [0.4, 0.5) is 0 Å². The van der Waals surface area contributed by atoms with Crippen LogP contribution in [0.25, 0.3) is 0 Å². The van der Waals surface area contributed by atoms with Crippen molar-refractivity contribution >= 4 is 23.7 Å². The summed E-state index contributed by atoms with van der Waals surface area (Å²) in [6.45, 7) is 0. The fourth-order valence-corrected chi connectivity index (χ4v) is 1.21. The molecule has 12 nitrogen and oxygen atoms in total. The molecular formula is C12H2N12. The van der Waals surface area contributed by atoms with Gasteiger partial charge in [-0.3, -0.25) is 0 Å². The quantitative estimate of drug-likeness (QED) is 0.531. The molecule has 0 aromatic heterocycles. The normalized spacial score (nSPS) is 10.8. The summed E-state index contributed by atoms with van der Waals surface area (Å²) >= 11 is 0. The van der Waals surface area contributed by atoms with Crippen molar-refractivity contribution in [3.8, 4) is 36.4 Å². The second kappa shape index (κ2) is 8.35. The maximum Gasteiger partial charge on any atom is 0.286 e.